The number of fused-ring (bicyclic) bond motifs is 1. The van der Waals surface area contributed by atoms with Crippen molar-refractivity contribution in [3.05, 3.63) is 65.2 Å². The lowest BCUT2D eigenvalue weighted by Crippen LogP contribution is -2.28. The van der Waals surface area contributed by atoms with Crippen LogP contribution in [-0.4, -0.2) is 25.2 Å². The van der Waals surface area contributed by atoms with Crippen molar-refractivity contribution < 1.29 is 18.0 Å². The Morgan fingerprint density at radius 3 is 2.43 bits per heavy atom. The van der Waals surface area contributed by atoms with E-state index in [9.17, 15) is 18.0 Å². The van der Waals surface area contributed by atoms with Gasteiger partial charge in [0.2, 0.25) is 5.91 Å². The summed E-state index contributed by atoms with van der Waals surface area (Å²) in [5.74, 6) is -0.267. The molecule has 1 aliphatic rings. The van der Waals surface area contributed by atoms with E-state index < -0.39 is 11.7 Å². The van der Waals surface area contributed by atoms with Crippen molar-refractivity contribution in [3.63, 3.8) is 0 Å². The van der Waals surface area contributed by atoms with Crippen LogP contribution in [0.4, 0.5) is 18.9 Å². The molecule has 0 aliphatic carbocycles. The molecule has 1 heterocycles. The van der Waals surface area contributed by atoms with Crippen molar-refractivity contribution in [1.82, 2.24) is 0 Å². The third-order valence-electron chi connectivity index (χ3n) is 3.73. The molecule has 0 atom stereocenters. The van der Waals surface area contributed by atoms with E-state index in [1.807, 2.05) is 6.07 Å². The van der Waals surface area contributed by atoms with E-state index >= 15 is 0 Å². The van der Waals surface area contributed by atoms with E-state index in [0.29, 0.717) is 22.5 Å². The Kier molecular flexibility index (Phi) is 3.67. The van der Waals surface area contributed by atoms with E-state index in [2.05, 4.69) is 4.99 Å². The van der Waals surface area contributed by atoms with Crippen LogP contribution in [0.2, 0.25) is 0 Å². The molecule has 1 amide bonds. The maximum atomic E-state index is 13.0. The molecule has 3 rings (SSSR count). The van der Waals surface area contributed by atoms with Crippen LogP contribution >= 0.6 is 0 Å². The molecule has 0 saturated carbocycles. The maximum absolute atomic E-state index is 13.0. The van der Waals surface area contributed by atoms with Crippen LogP contribution in [0.3, 0.4) is 0 Å². The Morgan fingerprint density at radius 1 is 1.09 bits per heavy atom. The molecule has 2 aromatic rings. The van der Waals surface area contributed by atoms with Gasteiger partial charge in [-0.25, -0.2) is 0 Å². The summed E-state index contributed by atoms with van der Waals surface area (Å²) in [4.78, 5) is 17.6. The van der Waals surface area contributed by atoms with E-state index in [-0.39, 0.29) is 12.5 Å². The van der Waals surface area contributed by atoms with Gasteiger partial charge < -0.3 is 4.90 Å². The minimum atomic E-state index is -4.45. The highest BCUT2D eigenvalue weighted by atomic mass is 19.4. The molecule has 0 radical (unpaired) electrons. The number of hydrogen-bond acceptors (Lipinski definition) is 2. The first-order valence-electron chi connectivity index (χ1n) is 6.96. The second kappa shape index (κ2) is 5.53. The minimum Gasteiger partial charge on any atom is -0.313 e. The van der Waals surface area contributed by atoms with Crippen molar-refractivity contribution in [1.29, 1.82) is 0 Å². The first kappa shape index (κ1) is 15.3. The van der Waals surface area contributed by atoms with E-state index in [1.165, 1.54) is 18.0 Å². The van der Waals surface area contributed by atoms with E-state index in [4.69, 9.17) is 0 Å². The van der Waals surface area contributed by atoms with Crippen LogP contribution in [0, 0.1) is 0 Å². The second-order valence-electron chi connectivity index (χ2n) is 5.21. The largest absolute Gasteiger partial charge is 0.416 e. The Labute approximate surface area is 131 Å². The highest BCUT2D eigenvalue weighted by molar-refractivity contribution is 6.19. The third kappa shape index (κ3) is 2.84. The smallest absolute Gasteiger partial charge is 0.313 e. The van der Waals surface area contributed by atoms with Gasteiger partial charge >= 0.3 is 6.18 Å². The molecular weight excluding hydrogens is 305 g/mol. The van der Waals surface area contributed by atoms with Crippen LogP contribution in [0.1, 0.15) is 16.7 Å². The average Bonchev–Trinajstić information content (AvgIpc) is 2.65. The van der Waals surface area contributed by atoms with Crippen LogP contribution < -0.4 is 4.90 Å². The van der Waals surface area contributed by atoms with Gasteiger partial charge in [0, 0.05) is 18.2 Å². The lowest BCUT2D eigenvalue weighted by molar-refractivity contribution is -0.137. The zero-order valence-electron chi connectivity index (χ0n) is 12.3. The molecule has 2 aromatic carbocycles. The fourth-order valence-corrected chi connectivity index (χ4v) is 2.51. The van der Waals surface area contributed by atoms with E-state index in [0.717, 1.165) is 12.1 Å². The lowest BCUT2D eigenvalue weighted by atomic mass is 9.98. The zero-order chi connectivity index (χ0) is 16.6. The van der Waals surface area contributed by atoms with Crippen LogP contribution in [-0.2, 0) is 11.0 Å². The Hall–Kier alpha value is -2.63. The van der Waals surface area contributed by atoms with Crippen molar-refractivity contribution in [2.75, 3.05) is 18.5 Å². The van der Waals surface area contributed by atoms with Gasteiger partial charge in [-0.3, -0.25) is 9.79 Å². The number of rotatable bonds is 1. The number of benzene rings is 2. The highest BCUT2D eigenvalue weighted by Crippen LogP contribution is 2.34. The molecule has 0 bridgehead atoms. The summed E-state index contributed by atoms with van der Waals surface area (Å²) >= 11 is 0. The molecule has 0 aromatic heterocycles. The summed E-state index contributed by atoms with van der Waals surface area (Å²) in [7, 11) is 1.54. The fourth-order valence-electron chi connectivity index (χ4n) is 2.51. The van der Waals surface area contributed by atoms with Crippen molar-refractivity contribution in [2.45, 2.75) is 6.18 Å². The average molecular weight is 318 g/mol. The summed E-state index contributed by atoms with van der Waals surface area (Å²) in [6.45, 7) is -0.100. The van der Waals surface area contributed by atoms with Crippen LogP contribution in [0.5, 0.6) is 0 Å². The first-order valence-corrected chi connectivity index (χ1v) is 6.96. The summed E-state index contributed by atoms with van der Waals surface area (Å²) in [5.41, 5.74) is 1.03. The molecule has 23 heavy (non-hydrogen) atoms. The quantitative estimate of drug-likeness (QED) is 0.792. The predicted octanol–water partition coefficient (Wildman–Crippen LogP) is 3.52. The number of halogens is 3. The molecule has 3 nitrogen and oxygen atoms in total. The number of alkyl halides is 3. The Morgan fingerprint density at radius 2 is 1.78 bits per heavy atom. The molecule has 0 fully saturated rings. The van der Waals surface area contributed by atoms with Gasteiger partial charge in [-0.2, -0.15) is 13.2 Å². The molecular formula is C17H13F3N2O. The zero-order valence-corrected chi connectivity index (χ0v) is 12.3. The molecule has 0 unspecified atom stereocenters. The molecule has 0 saturated heterocycles. The van der Waals surface area contributed by atoms with Gasteiger partial charge in [-0.15, -0.1) is 0 Å². The standard InChI is InChI=1S/C17H13F3N2O/c1-22-14-8-7-12(17(18,19)20)9-13(14)16(21-10-15(22)23)11-5-3-2-4-6-11/h2-9H,10H2,1H3. The Balaban J connectivity index is 2.24. The number of carbonyl (C=O) groups excluding carboxylic acids is 1. The number of likely N-dealkylation sites (N-methyl/N-ethyl adjacent to an activating group) is 1. The highest BCUT2D eigenvalue weighted by Gasteiger charge is 2.33. The number of anilines is 1. The van der Waals surface area contributed by atoms with Gasteiger partial charge in [0.15, 0.2) is 0 Å². The molecule has 0 N–H and O–H groups in total. The fraction of sp³-hybridized carbons (Fsp3) is 0.176. The molecule has 6 heteroatoms. The predicted molar refractivity (Wildman–Crippen MR) is 81.8 cm³/mol. The van der Waals surface area contributed by atoms with Gasteiger partial charge in [0.25, 0.3) is 0 Å². The molecule has 1 aliphatic heterocycles. The number of nitrogens with zero attached hydrogens (tertiary/aromatic N) is 2. The van der Waals surface area contributed by atoms with Crippen molar-refractivity contribution >= 4 is 17.3 Å². The van der Waals surface area contributed by atoms with Crippen molar-refractivity contribution in [3.8, 4) is 0 Å². The molecule has 0 spiro atoms. The number of benzodiazepines with no additional fused rings is 1. The van der Waals surface area contributed by atoms with E-state index in [1.54, 1.807) is 24.3 Å². The SMILES string of the molecule is CN1C(=O)CN=C(c2ccccc2)c2cc(C(F)(F)F)ccc21. The monoisotopic (exact) mass is 318 g/mol. The third-order valence-corrected chi connectivity index (χ3v) is 3.73. The van der Waals surface area contributed by atoms with Gasteiger partial charge in [-0.05, 0) is 18.2 Å². The van der Waals surface area contributed by atoms with Crippen molar-refractivity contribution in [2.24, 2.45) is 4.99 Å². The Bertz CT molecular complexity index is 782. The summed E-state index contributed by atoms with van der Waals surface area (Å²) in [6, 6.07) is 12.2. The second-order valence-corrected chi connectivity index (χ2v) is 5.21. The topological polar surface area (TPSA) is 32.7 Å². The first-order chi connectivity index (χ1) is 10.9. The summed E-state index contributed by atoms with van der Waals surface area (Å²) in [6.07, 6.45) is -4.45. The summed E-state index contributed by atoms with van der Waals surface area (Å²) in [5, 5.41) is 0. The van der Waals surface area contributed by atoms with Gasteiger partial charge in [0.05, 0.1) is 17.0 Å². The van der Waals surface area contributed by atoms with Crippen LogP contribution in [0.25, 0.3) is 0 Å². The maximum Gasteiger partial charge on any atom is 0.416 e. The number of hydrogen-bond donors (Lipinski definition) is 0. The van der Waals surface area contributed by atoms with Crippen LogP contribution in [0.15, 0.2) is 53.5 Å². The number of aliphatic imine (C=N–C) groups is 1. The normalized spacial score (nSPS) is 15.0. The van der Waals surface area contributed by atoms with Gasteiger partial charge in [-0.1, -0.05) is 30.3 Å². The number of amides is 1. The lowest BCUT2D eigenvalue weighted by Gasteiger charge is -2.19. The molecule has 118 valence electrons. The summed E-state index contributed by atoms with van der Waals surface area (Å²) < 4.78 is 39.1. The van der Waals surface area contributed by atoms with Gasteiger partial charge in [0.1, 0.15) is 6.54 Å². The number of carbonyl (C=O) groups is 1. The minimum absolute atomic E-state index is 0.100.